The Bertz CT molecular complexity index is 537. The zero-order valence-corrected chi connectivity index (χ0v) is 16.1. The molecule has 0 radical (unpaired) electrons. The zero-order valence-electron chi connectivity index (χ0n) is 15.3. The number of thioether (sulfide) groups is 1. The van der Waals surface area contributed by atoms with Gasteiger partial charge < -0.3 is 14.6 Å². The van der Waals surface area contributed by atoms with E-state index in [0.717, 1.165) is 41.6 Å². The predicted octanol–water partition coefficient (Wildman–Crippen LogP) is 2.49. The fourth-order valence-corrected chi connectivity index (χ4v) is 2.61. The summed E-state index contributed by atoms with van der Waals surface area (Å²) in [5.41, 5.74) is 9.72. The Morgan fingerprint density at radius 1 is 1.38 bits per heavy atom. The first-order valence-corrected chi connectivity index (χ1v) is 8.87. The van der Waals surface area contributed by atoms with Crippen LogP contribution in [0, 0.1) is 0 Å². The van der Waals surface area contributed by atoms with Crippen LogP contribution in [0.5, 0.6) is 0 Å². The Morgan fingerprint density at radius 3 is 2.71 bits per heavy atom. The molecule has 0 aromatic carbocycles. The number of hydrogen-bond donors (Lipinski definition) is 2. The van der Waals surface area contributed by atoms with Crippen LogP contribution in [-0.2, 0) is 4.84 Å². The van der Waals surface area contributed by atoms with Crippen LogP contribution < -0.4 is 11.0 Å². The molecular formula is C17H29N5OS. The van der Waals surface area contributed by atoms with Crippen molar-refractivity contribution >= 4 is 17.5 Å². The SMILES string of the molecule is C=CONNC(/C=C(C)/N=C1/C=CSC1)=C(/C)N(C)CCN(C)C. The Labute approximate surface area is 149 Å². The highest BCUT2D eigenvalue weighted by Gasteiger charge is 2.07. The first-order chi connectivity index (χ1) is 11.4. The fraction of sp³-hybridized carbons (Fsp3) is 0.471. The lowest BCUT2D eigenvalue weighted by atomic mass is 10.2. The molecule has 1 heterocycles. The molecule has 1 aliphatic rings. The van der Waals surface area contributed by atoms with Crippen molar-refractivity contribution in [2.75, 3.05) is 40.0 Å². The molecule has 7 heteroatoms. The summed E-state index contributed by atoms with van der Waals surface area (Å²) in [7, 11) is 6.21. The summed E-state index contributed by atoms with van der Waals surface area (Å²) >= 11 is 1.76. The number of nitrogens with one attached hydrogen (secondary N) is 2. The topological polar surface area (TPSA) is 52.1 Å². The second-order valence-corrected chi connectivity index (χ2v) is 6.63. The lowest BCUT2D eigenvalue weighted by molar-refractivity contribution is 0.105. The van der Waals surface area contributed by atoms with Gasteiger partial charge in [0.05, 0.1) is 11.4 Å². The van der Waals surface area contributed by atoms with Crippen molar-refractivity contribution in [2.45, 2.75) is 13.8 Å². The van der Waals surface area contributed by atoms with Gasteiger partial charge in [-0.1, -0.05) is 12.2 Å². The quantitative estimate of drug-likeness (QED) is 0.273. The van der Waals surface area contributed by atoms with Gasteiger partial charge in [0.25, 0.3) is 0 Å². The van der Waals surface area contributed by atoms with Gasteiger partial charge in [-0.15, -0.1) is 11.8 Å². The van der Waals surface area contributed by atoms with Crippen LogP contribution in [0.4, 0.5) is 0 Å². The van der Waals surface area contributed by atoms with E-state index in [9.17, 15) is 0 Å². The first kappa shape index (κ1) is 20.3. The minimum atomic E-state index is 0.898. The smallest absolute Gasteiger partial charge is 0.106 e. The average Bonchev–Trinajstić information content (AvgIpc) is 3.03. The van der Waals surface area contributed by atoms with E-state index in [1.165, 1.54) is 6.26 Å². The molecule has 6 nitrogen and oxygen atoms in total. The molecular weight excluding hydrogens is 322 g/mol. The van der Waals surface area contributed by atoms with Gasteiger partial charge in [-0.2, -0.15) is 0 Å². The maximum absolute atomic E-state index is 4.97. The molecule has 0 aromatic heterocycles. The van der Waals surface area contributed by atoms with Gasteiger partial charge in [0.15, 0.2) is 0 Å². The molecule has 0 unspecified atom stereocenters. The zero-order chi connectivity index (χ0) is 17.9. The van der Waals surface area contributed by atoms with Crippen molar-refractivity contribution in [3.05, 3.63) is 47.5 Å². The third-order valence-electron chi connectivity index (χ3n) is 3.43. The normalized spacial score (nSPS) is 17.2. The summed E-state index contributed by atoms with van der Waals surface area (Å²) in [5, 5.41) is 2.07. The molecule has 134 valence electrons. The van der Waals surface area contributed by atoms with Crippen molar-refractivity contribution in [1.29, 1.82) is 0 Å². The summed E-state index contributed by atoms with van der Waals surface area (Å²) in [4.78, 5) is 14.0. The molecule has 24 heavy (non-hydrogen) atoms. The average molecular weight is 352 g/mol. The number of hydrogen-bond acceptors (Lipinski definition) is 7. The minimum Gasteiger partial charge on any atom is -0.398 e. The van der Waals surface area contributed by atoms with Crippen LogP contribution in [0.15, 0.2) is 52.5 Å². The molecule has 1 rings (SSSR count). The highest BCUT2D eigenvalue weighted by molar-refractivity contribution is 8.03. The Morgan fingerprint density at radius 2 is 2.12 bits per heavy atom. The molecule has 0 bridgehead atoms. The van der Waals surface area contributed by atoms with Gasteiger partial charge in [0, 0.05) is 37.3 Å². The molecule has 0 saturated carbocycles. The maximum Gasteiger partial charge on any atom is 0.106 e. The van der Waals surface area contributed by atoms with Crippen LogP contribution in [0.1, 0.15) is 13.8 Å². The second kappa shape index (κ2) is 11.0. The lowest BCUT2D eigenvalue weighted by Crippen LogP contribution is -2.34. The first-order valence-electron chi connectivity index (χ1n) is 7.82. The van der Waals surface area contributed by atoms with E-state index >= 15 is 0 Å². The molecule has 0 spiro atoms. The largest absolute Gasteiger partial charge is 0.398 e. The van der Waals surface area contributed by atoms with Crippen molar-refractivity contribution in [2.24, 2.45) is 4.99 Å². The van der Waals surface area contributed by atoms with E-state index in [-0.39, 0.29) is 0 Å². The van der Waals surface area contributed by atoms with Gasteiger partial charge in [-0.05, 0) is 45.5 Å². The highest BCUT2D eigenvalue weighted by Crippen LogP contribution is 2.15. The number of nitrogens with zero attached hydrogens (tertiary/aromatic N) is 3. The molecule has 0 atom stereocenters. The van der Waals surface area contributed by atoms with E-state index in [0.29, 0.717) is 0 Å². The highest BCUT2D eigenvalue weighted by atomic mass is 32.2. The van der Waals surface area contributed by atoms with Gasteiger partial charge in [0.1, 0.15) is 6.26 Å². The van der Waals surface area contributed by atoms with E-state index in [4.69, 9.17) is 4.84 Å². The second-order valence-electron chi connectivity index (χ2n) is 5.74. The number of allylic oxidation sites excluding steroid dienone is 4. The monoisotopic (exact) mass is 351 g/mol. The van der Waals surface area contributed by atoms with Crippen LogP contribution in [0.25, 0.3) is 0 Å². The van der Waals surface area contributed by atoms with Gasteiger partial charge >= 0.3 is 0 Å². The Balaban J connectivity index is 2.91. The van der Waals surface area contributed by atoms with E-state index in [1.807, 2.05) is 19.1 Å². The minimum absolute atomic E-state index is 0.898. The molecule has 0 saturated heterocycles. The third-order valence-corrected chi connectivity index (χ3v) is 4.22. The molecule has 0 fully saturated rings. The summed E-state index contributed by atoms with van der Waals surface area (Å²) < 4.78 is 0. The lowest BCUT2D eigenvalue weighted by Gasteiger charge is -2.24. The molecule has 2 N–H and O–H groups in total. The molecule has 1 aliphatic heterocycles. The van der Waals surface area contributed by atoms with Crippen LogP contribution in [0.2, 0.25) is 0 Å². The van der Waals surface area contributed by atoms with Crippen LogP contribution in [-0.4, -0.2) is 55.5 Å². The maximum atomic E-state index is 4.97. The van der Waals surface area contributed by atoms with Crippen LogP contribution >= 0.6 is 11.8 Å². The molecule has 0 amide bonds. The van der Waals surface area contributed by atoms with Gasteiger partial charge in [-0.3, -0.25) is 10.4 Å². The third kappa shape index (κ3) is 7.72. The van der Waals surface area contributed by atoms with Gasteiger partial charge in [-0.25, -0.2) is 0 Å². The van der Waals surface area contributed by atoms with Crippen molar-refractivity contribution in [3.63, 3.8) is 0 Å². The number of aliphatic imine (C=N–C) groups is 1. The number of rotatable bonds is 10. The summed E-state index contributed by atoms with van der Waals surface area (Å²) in [6.07, 6.45) is 5.38. The van der Waals surface area contributed by atoms with E-state index < -0.39 is 0 Å². The fourth-order valence-electron chi connectivity index (χ4n) is 1.93. The van der Waals surface area contributed by atoms with Crippen molar-refractivity contribution in [3.8, 4) is 0 Å². The molecule has 0 aliphatic carbocycles. The summed E-state index contributed by atoms with van der Waals surface area (Å²) in [5.74, 6) is 0.928. The van der Waals surface area contributed by atoms with E-state index in [1.54, 1.807) is 11.8 Å². The summed E-state index contributed by atoms with van der Waals surface area (Å²) in [6, 6.07) is 0. The van der Waals surface area contributed by atoms with E-state index in [2.05, 4.69) is 65.9 Å². The Hall–Kier alpha value is -1.70. The number of hydrazine groups is 1. The van der Waals surface area contributed by atoms with Crippen molar-refractivity contribution < 1.29 is 4.84 Å². The Kier molecular flexibility index (Phi) is 9.29. The van der Waals surface area contributed by atoms with Crippen LogP contribution in [0.3, 0.4) is 0 Å². The van der Waals surface area contributed by atoms with Crippen molar-refractivity contribution in [1.82, 2.24) is 20.8 Å². The molecule has 0 aromatic rings. The predicted molar refractivity (Wildman–Crippen MR) is 104 cm³/mol. The number of likely N-dealkylation sites (N-methyl/N-ethyl adjacent to an activating group) is 2. The standard InChI is InChI=1S/C17H29N5OS/c1-7-23-20-19-17(15(3)22(6)10-9-21(4)5)12-14(2)18-16-8-11-24-13-16/h7-8,11-12,19-20H,1,9-10,13H2,2-6H3/b14-12+,17-15-,18-16-. The van der Waals surface area contributed by atoms with Gasteiger partial charge in [0.2, 0.25) is 0 Å². The summed E-state index contributed by atoms with van der Waals surface area (Å²) in [6.45, 7) is 9.47.